The third-order valence-corrected chi connectivity index (χ3v) is 6.84. The van der Waals surface area contributed by atoms with E-state index in [-0.39, 0.29) is 50.1 Å². The van der Waals surface area contributed by atoms with Gasteiger partial charge in [0.15, 0.2) is 17.3 Å². The molecule has 1 aromatic heterocycles. The Labute approximate surface area is 216 Å². The van der Waals surface area contributed by atoms with Gasteiger partial charge in [0.25, 0.3) is 0 Å². The summed E-state index contributed by atoms with van der Waals surface area (Å²) in [7, 11) is 1.48. The summed E-state index contributed by atoms with van der Waals surface area (Å²) >= 11 is 0. The minimum atomic E-state index is -1.29. The number of Topliss-reactive ketones (excluding diaryl/α,β-unsaturated/α-hetero) is 1. The topological polar surface area (TPSA) is 115 Å². The van der Waals surface area contributed by atoms with Crippen LogP contribution in [0.5, 0.6) is 11.5 Å². The van der Waals surface area contributed by atoms with Gasteiger partial charge in [-0.1, -0.05) is 0 Å². The normalized spacial score (nSPS) is 14.8. The molecule has 0 saturated heterocycles. The van der Waals surface area contributed by atoms with E-state index in [9.17, 15) is 14.3 Å². The molecule has 1 unspecified atom stereocenters. The maximum Gasteiger partial charge on any atom is 0.163 e. The summed E-state index contributed by atoms with van der Waals surface area (Å²) in [6.07, 6.45) is 1.99. The van der Waals surface area contributed by atoms with Gasteiger partial charge in [-0.25, -0.2) is 9.37 Å². The second-order valence-electron chi connectivity index (χ2n) is 9.47. The third kappa shape index (κ3) is 5.98. The monoisotopic (exact) mass is 508 g/mol. The van der Waals surface area contributed by atoms with Crippen molar-refractivity contribution in [2.75, 3.05) is 20.3 Å². The van der Waals surface area contributed by atoms with Crippen molar-refractivity contribution in [3.8, 4) is 22.8 Å². The number of aliphatic hydroxyl groups is 2. The highest BCUT2D eigenvalue weighted by Crippen LogP contribution is 2.48. The van der Waals surface area contributed by atoms with Gasteiger partial charge in [0, 0.05) is 24.1 Å². The van der Waals surface area contributed by atoms with E-state index in [1.165, 1.54) is 13.2 Å². The number of methoxy groups -OCH3 is 1. The fraction of sp³-hybridized carbons (Fsp3) is 0.379. The molecule has 1 aliphatic carbocycles. The molecule has 0 bridgehead atoms. The highest BCUT2D eigenvalue weighted by atomic mass is 19.1. The van der Waals surface area contributed by atoms with Gasteiger partial charge in [-0.15, -0.1) is 0 Å². The summed E-state index contributed by atoms with van der Waals surface area (Å²) in [5.41, 5.74) is 8.24. The molecule has 3 aromatic rings. The van der Waals surface area contributed by atoms with E-state index in [0.717, 1.165) is 24.0 Å². The summed E-state index contributed by atoms with van der Waals surface area (Å²) in [6.45, 7) is 1.93. The number of ketones is 1. The number of carbonyl (C=O) groups is 1. The lowest BCUT2D eigenvalue weighted by Crippen LogP contribution is -2.31. The van der Waals surface area contributed by atoms with E-state index in [1.54, 1.807) is 43.3 Å². The Morgan fingerprint density at radius 1 is 1.16 bits per heavy atom. The molecule has 196 valence electrons. The molecule has 4 N–H and O–H groups in total. The summed E-state index contributed by atoms with van der Waals surface area (Å²) in [5, 5.41) is 20.9. The SMILES string of the molecule is COc1cc(C(=O)CCC(O)(c2cc(CN)cc(-c3ccc(F)c(C)c3)n2)C2CC2)ccc1OCCO. The average Bonchev–Trinajstić information content (AvgIpc) is 3.77. The molecular weight excluding hydrogens is 475 g/mol. The number of nitrogens with two attached hydrogens (primary N) is 1. The molecule has 1 saturated carbocycles. The first-order valence-corrected chi connectivity index (χ1v) is 12.4. The summed E-state index contributed by atoms with van der Waals surface area (Å²) in [5.74, 6) is 0.390. The standard InChI is InChI=1S/C29H33FN2O5/c1-18-13-20(3-7-23(18)30)24-14-19(17-31)15-28(32-24)29(35,22-5-6-22)10-9-25(34)21-4-8-26(37-12-11-33)27(16-21)36-2/h3-4,7-8,13-16,22,33,35H,5-6,9-12,17,31H2,1-2H3. The van der Waals surface area contributed by atoms with Crippen LogP contribution in [-0.4, -0.2) is 41.3 Å². The van der Waals surface area contributed by atoms with Crippen molar-refractivity contribution in [1.82, 2.24) is 4.98 Å². The molecule has 4 rings (SSSR count). The predicted octanol–water partition coefficient (Wildman–Crippen LogP) is 4.30. The van der Waals surface area contributed by atoms with Crippen LogP contribution < -0.4 is 15.2 Å². The maximum atomic E-state index is 13.8. The number of pyridine rings is 1. The smallest absolute Gasteiger partial charge is 0.163 e. The highest BCUT2D eigenvalue weighted by molar-refractivity contribution is 5.96. The molecule has 8 heteroatoms. The van der Waals surface area contributed by atoms with E-state index in [4.69, 9.17) is 25.3 Å². The Morgan fingerprint density at radius 2 is 1.95 bits per heavy atom. The maximum absolute atomic E-state index is 13.8. The van der Waals surface area contributed by atoms with Crippen molar-refractivity contribution in [3.63, 3.8) is 0 Å². The van der Waals surface area contributed by atoms with E-state index in [0.29, 0.717) is 34.0 Å². The van der Waals surface area contributed by atoms with Crippen molar-refractivity contribution in [1.29, 1.82) is 0 Å². The Balaban J connectivity index is 1.60. The van der Waals surface area contributed by atoms with Crippen molar-refractivity contribution < 1.29 is 28.9 Å². The predicted molar refractivity (Wildman–Crippen MR) is 138 cm³/mol. The lowest BCUT2D eigenvalue weighted by molar-refractivity contribution is -0.00112. The summed E-state index contributed by atoms with van der Waals surface area (Å²) in [4.78, 5) is 17.9. The van der Waals surface area contributed by atoms with Crippen molar-refractivity contribution >= 4 is 5.78 Å². The molecule has 1 heterocycles. The molecule has 0 radical (unpaired) electrons. The lowest BCUT2D eigenvalue weighted by Gasteiger charge is -2.29. The number of benzene rings is 2. The van der Waals surface area contributed by atoms with Crippen LogP contribution >= 0.6 is 0 Å². The number of rotatable bonds is 12. The minimum Gasteiger partial charge on any atom is -0.493 e. The number of aromatic nitrogens is 1. The van der Waals surface area contributed by atoms with E-state index >= 15 is 0 Å². The zero-order chi connectivity index (χ0) is 26.6. The van der Waals surface area contributed by atoms with Crippen LogP contribution in [0.15, 0.2) is 48.5 Å². The minimum absolute atomic E-state index is 0.00702. The number of hydrogen-bond donors (Lipinski definition) is 3. The van der Waals surface area contributed by atoms with Crippen LogP contribution in [0.4, 0.5) is 4.39 Å². The first kappa shape index (κ1) is 26.7. The van der Waals surface area contributed by atoms with E-state index < -0.39 is 5.60 Å². The van der Waals surface area contributed by atoms with E-state index in [1.807, 2.05) is 6.07 Å². The molecule has 1 aliphatic rings. The number of aliphatic hydroxyl groups excluding tert-OH is 1. The number of carbonyl (C=O) groups excluding carboxylic acids is 1. The molecule has 1 fully saturated rings. The Morgan fingerprint density at radius 3 is 2.59 bits per heavy atom. The van der Waals surface area contributed by atoms with Gasteiger partial charge in [0.05, 0.1) is 25.1 Å². The molecule has 0 spiro atoms. The Kier molecular flexibility index (Phi) is 8.22. The van der Waals surface area contributed by atoms with Gasteiger partial charge in [-0.3, -0.25) is 4.79 Å². The Bertz CT molecular complexity index is 1280. The second kappa shape index (κ2) is 11.4. The van der Waals surface area contributed by atoms with Gasteiger partial charge in [0.2, 0.25) is 0 Å². The van der Waals surface area contributed by atoms with Gasteiger partial charge in [0.1, 0.15) is 18.0 Å². The third-order valence-electron chi connectivity index (χ3n) is 6.84. The van der Waals surface area contributed by atoms with Gasteiger partial charge in [-0.05, 0) is 91.8 Å². The lowest BCUT2D eigenvalue weighted by atomic mass is 9.85. The first-order valence-electron chi connectivity index (χ1n) is 12.4. The first-order chi connectivity index (χ1) is 17.8. The van der Waals surface area contributed by atoms with Crippen LogP contribution in [0.2, 0.25) is 0 Å². The highest BCUT2D eigenvalue weighted by Gasteiger charge is 2.46. The summed E-state index contributed by atoms with van der Waals surface area (Å²) in [6, 6.07) is 13.3. The van der Waals surface area contributed by atoms with Crippen LogP contribution in [0.1, 0.15) is 52.9 Å². The van der Waals surface area contributed by atoms with Crippen LogP contribution in [0, 0.1) is 18.7 Å². The molecule has 7 nitrogen and oxygen atoms in total. The van der Waals surface area contributed by atoms with Crippen molar-refractivity contribution in [2.24, 2.45) is 11.7 Å². The second-order valence-corrected chi connectivity index (χ2v) is 9.47. The molecule has 0 aliphatic heterocycles. The van der Waals surface area contributed by atoms with E-state index in [2.05, 4.69) is 0 Å². The van der Waals surface area contributed by atoms with Crippen LogP contribution in [0.3, 0.4) is 0 Å². The zero-order valence-corrected chi connectivity index (χ0v) is 21.2. The molecule has 1 atom stereocenters. The van der Waals surface area contributed by atoms with Crippen molar-refractivity contribution in [3.05, 3.63) is 76.7 Å². The van der Waals surface area contributed by atoms with Gasteiger partial charge < -0.3 is 25.4 Å². The fourth-order valence-electron chi connectivity index (χ4n) is 4.55. The quantitative estimate of drug-likeness (QED) is 0.313. The molecule has 37 heavy (non-hydrogen) atoms. The Hall–Kier alpha value is -3.33. The fourth-order valence-corrected chi connectivity index (χ4v) is 4.55. The average molecular weight is 509 g/mol. The molecule has 0 amide bonds. The molecular formula is C29H33FN2O5. The summed E-state index contributed by atoms with van der Waals surface area (Å²) < 4.78 is 24.6. The number of nitrogens with zero attached hydrogens (tertiary/aromatic N) is 1. The van der Waals surface area contributed by atoms with Crippen molar-refractivity contribution in [2.45, 2.75) is 44.8 Å². The van der Waals surface area contributed by atoms with Crippen LogP contribution in [-0.2, 0) is 12.1 Å². The number of ether oxygens (including phenoxy) is 2. The largest absolute Gasteiger partial charge is 0.493 e. The molecule has 2 aromatic carbocycles. The number of halogens is 1. The number of hydrogen-bond acceptors (Lipinski definition) is 7. The van der Waals surface area contributed by atoms with Gasteiger partial charge in [-0.2, -0.15) is 0 Å². The van der Waals surface area contributed by atoms with Gasteiger partial charge >= 0.3 is 0 Å². The number of aryl methyl sites for hydroxylation is 1. The van der Waals surface area contributed by atoms with Crippen LogP contribution in [0.25, 0.3) is 11.3 Å². The zero-order valence-electron chi connectivity index (χ0n) is 21.2.